The van der Waals surface area contributed by atoms with Crippen LogP contribution in [-0.4, -0.2) is 146 Å². The maximum Gasteiger partial charge on any atom is 0.410 e. The maximum atomic E-state index is 15.2. The third-order valence-electron chi connectivity index (χ3n) is 16.7. The molecule has 3 aliphatic heterocycles. The minimum absolute atomic E-state index is 0.0125. The second-order valence-corrected chi connectivity index (χ2v) is 23.6. The van der Waals surface area contributed by atoms with Gasteiger partial charge in [-0.1, -0.05) is 206 Å². The number of aliphatic hydroxyl groups excluding tert-OH is 1. The molecule has 20 nitrogen and oxygen atoms in total. The maximum absolute atomic E-state index is 15.2. The van der Waals surface area contributed by atoms with Gasteiger partial charge in [0.15, 0.2) is 24.8 Å². The molecule has 11 rings (SSSR count). The zero-order valence-electron chi connectivity index (χ0n) is 53.6. The summed E-state index contributed by atoms with van der Waals surface area (Å²) >= 11 is 0. The summed E-state index contributed by atoms with van der Waals surface area (Å²) in [6.45, 7) is 1.69. The topological polar surface area (TPSA) is 229 Å². The van der Waals surface area contributed by atoms with Gasteiger partial charge in [0.2, 0.25) is 0 Å². The smallest absolute Gasteiger partial charge is 0.410 e. The van der Waals surface area contributed by atoms with E-state index in [1.165, 1.54) is 36.1 Å². The van der Waals surface area contributed by atoms with Crippen molar-refractivity contribution in [3.63, 3.8) is 0 Å². The van der Waals surface area contributed by atoms with Crippen LogP contribution in [0.25, 0.3) is 0 Å². The Hall–Kier alpha value is -9.45. The highest BCUT2D eigenvalue weighted by molar-refractivity contribution is 5.90. The van der Waals surface area contributed by atoms with Gasteiger partial charge in [-0.3, -0.25) is 9.69 Å². The molecule has 0 aliphatic carbocycles. The van der Waals surface area contributed by atoms with Gasteiger partial charge in [0, 0.05) is 6.92 Å². The largest absolute Gasteiger partial charge is 0.459 e. The van der Waals surface area contributed by atoms with Gasteiger partial charge in [-0.15, -0.1) is 0 Å². The van der Waals surface area contributed by atoms with Crippen LogP contribution in [0.2, 0.25) is 0 Å². The highest BCUT2D eigenvalue weighted by Crippen LogP contribution is 2.38. The second kappa shape index (κ2) is 34.5. The van der Waals surface area contributed by atoms with Gasteiger partial charge in [0.25, 0.3) is 0 Å². The van der Waals surface area contributed by atoms with Crippen molar-refractivity contribution >= 4 is 30.0 Å². The molecular weight excluding hydrogens is 1240 g/mol. The lowest BCUT2D eigenvalue weighted by atomic mass is 9.92. The predicted molar refractivity (Wildman–Crippen MR) is 351 cm³/mol. The van der Waals surface area contributed by atoms with Crippen LogP contribution in [0.4, 0.5) is 4.79 Å². The van der Waals surface area contributed by atoms with E-state index in [9.17, 15) is 24.3 Å². The molecule has 0 aromatic heterocycles. The van der Waals surface area contributed by atoms with Crippen LogP contribution >= 0.6 is 0 Å². The summed E-state index contributed by atoms with van der Waals surface area (Å²) in [5, 5.41) is 13.0. The quantitative estimate of drug-likeness (QED) is 0.0373. The predicted octanol–water partition coefficient (Wildman–Crippen LogP) is 10.8. The lowest BCUT2D eigenvalue weighted by Gasteiger charge is -2.52. The van der Waals surface area contributed by atoms with Gasteiger partial charge in [0.05, 0.1) is 68.4 Å². The fourth-order valence-electron chi connectivity index (χ4n) is 11.8. The normalized spacial score (nSPS) is 24.6. The fourth-order valence-corrected chi connectivity index (χ4v) is 11.8. The average molecular weight is 1320 g/mol. The Labute approximate surface area is 562 Å². The van der Waals surface area contributed by atoms with E-state index in [0.29, 0.717) is 5.56 Å². The monoisotopic (exact) mass is 1320 g/mol. The molecule has 3 fully saturated rings. The van der Waals surface area contributed by atoms with E-state index in [0.717, 1.165) is 22.3 Å². The van der Waals surface area contributed by atoms with Crippen molar-refractivity contribution in [2.45, 2.75) is 133 Å². The van der Waals surface area contributed by atoms with E-state index in [1.54, 1.807) is 91.0 Å². The number of benzene rings is 8. The van der Waals surface area contributed by atoms with Crippen molar-refractivity contribution in [2.75, 3.05) is 19.8 Å². The number of esters is 4. The van der Waals surface area contributed by atoms with Crippen LogP contribution in [0.15, 0.2) is 243 Å². The molecule has 3 heterocycles. The van der Waals surface area contributed by atoms with Crippen molar-refractivity contribution in [3.8, 4) is 0 Å². The number of piperidine rings is 1. The van der Waals surface area contributed by atoms with Crippen molar-refractivity contribution in [3.05, 3.63) is 287 Å². The van der Waals surface area contributed by atoms with Crippen LogP contribution in [0, 0.1) is 0 Å². The van der Waals surface area contributed by atoms with Crippen LogP contribution < -0.4 is 0 Å². The van der Waals surface area contributed by atoms with E-state index >= 15 is 4.79 Å². The highest BCUT2D eigenvalue weighted by atomic mass is 16.8. The number of carbonyl (C=O) groups is 5. The lowest BCUT2D eigenvalue weighted by molar-refractivity contribution is -0.362. The first-order valence-electron chi connectivity index (χ1n) is 32.2. The van der Waals surface area contributed by atoms with E-state index in [1.807, 2.05) is 134 Å². The molecule has 0 saturated carbocycles. The molecular formula is C77H77NO19. The van der Waals surface area contributed by atoms with Gasteiger partial charge >= 0.3 is 30.0 Å². The van der Waals surface area contributed by atoms with Crippen LogP contribution in [0.5, 0.6) is 0 Å². The zero-order valence-corrected chi connectivity index (χ0v) is 53.6. The molecule has 8 aromatic carbocycles. The van der Waals surface area contributed by atoms with Crippen LogP contribution in [0.3, 0.4) is 0 Å². The number of likely N-dealkylation sites (tertiary alicyclic amines) is 1. The molecule has 1 N–H and O–H groups in total. The SMILES string of the molecule is CC(=O)O[C@H]1CN(C(=O)OCc2ccccc2)[C@H](COCc2ccccc2)[C@@H](O[C@@H]2O[C@H](COC(=O)c3ccccc3)[C@H](OC(=O)c3ccccc3)[C@H](O)[C@H]2OC(=O)c2ccccc2)[C@@H]1O[C@H]1O[C@H](C)[C@H](OCc2ccccc2)[C@H](OCc2ccccc2)[C@H]1OCc1ccccc1. The van der Waals surface area contributed by atoms with E-state index in [4.69, 9.17) is 61.6 Å². The molecule has 1 amide bonds. The standard InChI is InChI=1S/C77H77NO19/c1-51-65(86-45-54-29-13-4-14-30-54)70(87-46-55-31-15-5-16-32-55)71(88-47-56-33-17-6-18-34-56)76(91-51)97-68-62(92-52(2)79)43-78(77(84)90-48-57-35-19-7-20-36-57)61(49-85-44-53-27-11-3-12-28-53)66(68)96-75-69(95-74(83)60-41-25-10-26-42-60)64(80)67(94-73(82)59-39-23-9-24-40-59)63(93-75)50-89-72(81)58-37-21-8-22-38-58/h3-42,51,61-71,75-76,80H,43-50H2,1-2H3/t51-,61-,62+,63-,64+,65+,66-,67+,68-,69-,70+,71-,75+,76-/m1/s1. The Morgan fingerprint density at radius 1 is 0.412 bits per heavy atom. The fraction of sp³-hybridized carbons (Fsp3) is 0.312. The Morgan fingerprint density at radius 2 is 0.814 bits per heavy atom. The highest BCUT2D eigenvalue weighted by Gasteiger charge is 2.58. The molecule has 0 bridgehead atoms. The van der Waals surface area contributed by atoms with Gasteiger partial charge < -0.3 is 66.7 Å². The van der Waals surface area contributed by atoms with Crippen molar-refractivity contribution in [1.82, 2.24) is 4.90 Å². The van der Waals surface area contributed by atoms with Crippen LogP contribution in [0.1, 0.15) is 72.7 Å². The summed E-state index contributed by atoms with van der Waals surface area (Å²) in [6.07, 6.45) is -20.0. The Morgan fingerprint density at radius 3 is 1.30 bits per heavy atom. The number of rotatable bonds is 27. The number of ether oxygens (including phenoxy) is 13. The summed E-state index contributed by atoms with van der Waals surface area (Å²) in [5.74, 6) is -3.45. The third-order valence-corrected chi connectivity index (χ3v) is 16.7. The number of amides is 1. The lowest BCUT2D eigenvalue weighted by Crippen LogP contribution is -2.70. The molecule has 0 radical (unpaired) electrons. The molecule has 3 aliphatic rings. The minimum Gasteiger partial charge on any atom is -0.459 e. The molecule has 504 valence electrons. The summed E-state index contributed by atoms with van der Waals surface area (Å²) in [5.41, 5.74) is 4.26. The van der Waals surface area contributed by atoms with Gasteiger partial charge in [0.1, 0.15) is 62.0 Å². The van der Waals surface area contributed by atoms with Crippen LogP contribution in [-0.2, 0) is 99.4 Å². The second-order valence-electron chi connectivity index (χ2n) is 23.6. The Kier molecular flexibility index (Phi) is 24.5. The van der Waals surface area contributed by atoms with Crippen molar-refractivity contribution in [2.24, 2.45) is 0 Å². The van der Waals surface area contributed by atoms with Gasteiger partial charge in [-0.05, 0) is 71.1 Å². The molecule has 3 saturated heterocycles. The first kappa shape index (κ1) is 68.9. The third kappa shape index (κ3) is 18.8. The Bertz CT molecular complexity index is 3730. The number of carbonyl (C=O) groups excluding carboxylic acids is 5. The molecule has 20 heteroatoms. The summed E-state index contributed by atoms with van der Waals surface area (Å²) in [7, 11) is 0. The molecule has 97 heavy (non-hydrogen) atoms. The molecule has 0 spiro atoms. The zero-order chi connectivity index (χ0) is 67.3. The molecule has 0 unspecified atom stereocenters. The number of nitrogens with zero attached hydrogens (tertiary/aromatic N) is 1. The average Bonchev–Trinajstić information content (AvgIpc) is 0.763. The first-order valence-corrected chi connectivity index (χ1v) is 32.2. The molecule has 14 atom stereocenters. The minimum atomic E-state index is -2.03. The van der Waals surface area contributed by atoms with E-state index in [2.05, 4.69) is 0 Å². The molecule has 8 aromatic rings. The number of hydrogen-bond donors (Lipinski definition) is 1. The van der Waals surface area contributed by atoms with Crippen molar-refractivity contribution in [1.29, 1.82) is 0 Å². The van der Waals surface area contributed by atoms with E-state index in [-0.39, 0.29) is 56.3 Å². The van der Waals surface area contributed by atoms with Crippen molar-refractivity contribution < 1.29 is 90.7 Å². The van der Waals surface area contributed by atoms with Gasteiger partial charge in [-0.25, -0.2) is 19.2 Å². The summed E-state index contributed by atoms with van der Waals surface area (Å²) in [6, 6.07) is 69.6. The van der Waals surface area contributed by atoms with Gasteiger partial charge in [-0.2, -0.15) is 0 Å². The summed E-state index contributed by atoms with van der Waals surface area (Å²) < 4.78 is 86.7. The Balaban J connectivity index is 1.04. The number of hydrogen-bond acceptors (Lipinski definition) is 19. The number of aliphatic hydroxyl groups is 1. The summed E-state index contributed by atoms with van der Waals surface area (Å²) in [4.78, 5) is 73.0. The van der Waals surface area contributed by atoms with E-state index < -0.39 is 129 Å². The first-order chi connectivity index (χ1) is 47.4.